The van der Waals surface area contributed by atoms with Gasteiger partial charge in [0, 0.05) is 24.1 Å². The Hall–Kier alpha value is -2.89. The molecule has 0 saturated heterocycles. The lowest BCUT2D eigenvalue weighted by Crippen LogP contribution is -2.05. The van der Waals surface area contributed by atoms with Crippen molar-refractivity contribution in [2.24, 2.45) is 0 Å². The number of anilines is 1. The molecule has 0 spiro atoms. The van der Waals surface area contributed by atoms with Crippen LogP contribution in [0, 0.1) is 6.92 Å². The lowest BCUT2D eigenvalue weighted by Gasteiger charge is -2.09. The summed E-state index contributed by atoms with van der Waals surface area (Å²) < 4.78 is 7.04. The van der Waals surface area contributed by atoms with Gasteiger partial charge in [0.2, 0.25) is 0 Å². The highest BCUT2D eigenvalue weighted by atomic mass is 16.5. The van der Waals surface area contributed by atoms with E-state index < -0.39 is 0 Å². The zero-order chi connectivity index (χ0) is 18.7. The van der Waals surface area contributed by atoms with Gasteiger partial charge in [-0.2, -0.15) is 0 Å². The number of nitrogens with zero attached hydrogens (tertiary/aromatic N) is 3. The number of pyridine rings is 1. The minimum Gasteiger partial charge on any atom is -0.466 e. The molecule has 0 bridgehead atoms. The van der Waals surface area contributed by atoms with E-state index >= 15 is 0 Å². The first-order chi connectivity index (χ1) is 12.5. The smallest absolute Gasteiger partial charge is 0.306 e. The van der Waals surface area contributed by atoms with Gasteiger partial charge >= 0.3 is 5.97 Å². The minimum absolute atomic E-state index is 0.164. The van der Waals surface area contributed by atoms with E-state index in [0.29, 0.717) is 25.1 Å². The van der Waals surface area contributed by atoms with E-state index in [2.05, 4.69) is 16.5 Å². The Bertz CT molecular complexity index is 929. The van der Waals surface area contributed by atoms with Crippen molar-refractivity contribution in [2.45, 2.75) is 40.0 Å². The van der Waals surface area contributed by atoms with Crippen molar-refractivity contribution in [1.82, 2.24) is 14.5 Å². The summed E-state index contributed by atoms with van der Waals surface area (Å²) in [5.74, 6) is 0.781. The summed E-state index contributed by atoms with van der Waals surface area (Å²) in [6.45, 7) is 6.28. The third kappa shape index (κ3) is 3.40. The molecular weight excluding hydrogens is 328 g/mol. The fourth-order valence-corrected chi connectivity index (χ4v) is 2.99. The van der Waals surface area contributed by atoms with Gasteiger partial charge in [0.25, 0.3) is 0 Å². The van der Waals surface area contributed by atoms with Crippen LogP contribution in [0.4, 0.5) is 5.69 Å². The maximum absolute atomic E-state index is 11.5. The molecule has 0 atom stereocenters. The minimum atomic E-state index is -0.164. The SMILES string of the molecule is CCOC(=O)CCc1ccc(-n2c(CC)nc3c(C)c(N)cnc32)cc1. The molecule has 0 radical (unpaired) electrons. The molecule has 6 nitrogen and oxygen atoms in total. The summed E-state index contributed by atoms with van der Waals surface area (Å²) in [7, 11) is 0. The van der Waals surface area contributed by atoms with Crippen LogP contribution >= 0.6 is 0 Å². The van der Waals surface area contributed by atoms with Crippen molar-refractivity contribution < 1.29 is 9.53 Å². The van der Waals surface area contributed by atoms with E-state index in [1.54, 1.807) is 6.20 Å². The molecule has 0 unspecified atom stereocenters. The Labute approximate surface area is 153 Å². The Morgan fingerprint density at radius 1 is 1.23 bits per heavy atom. The molecule has 26 heavy (non-hydrogen) atoms. The highest BCUT2D eigenvalue weighted by Gasteiger charge is 2.15. The molecule has 6 heteroatoms. The predicted octanol–water partition coefficient (Wildman–Crippen LogP) is 3.37. The summed E-state index contributed by atoms with van der Waals surface area (Å²) >= 11 is 0. The maximum Gasteiger partial charge on any atom is 0.306 e. The highest BCUT2D eigenvalue weighted by Crippen LogP contribution is 2.25. The van der Waals surface area contributed by atoms with Crippen LogP contribution in [0.25, 0.3) is 16.9 Å². The number of carbonyl (C=O) groups excluding carboxylic acids is 1. The molecule has 0 amide bonds. The van der Waals surface area contributed by atoms with Crippen molar-refractivity contribution in [3.8, 4) is 5.69 Å². The van der Waals surface area contributed by atoms with Gasteiger partial charge in [-0.1, -0.05) is 19.1 Å². The van der Waals surface area contributed by atoms with E-state index in [1.807, 2.05) is 38.1 Å². The van der Waals surface area contributed by atoms with Gasteiger partial charge in [0.05, 0.1) is 18.5 Å². The number of aryl methyl sites for hydroxylation is 3. The lowest BCUT2D eigenvalue weighted by atomic mass is 10.1. The van der Waals surface area contributed by atoms with Crippen LogP contribution in [0.1, 0.15) is 37.2 Å². The number of carbonyl (C=O) groups is 1. The van der Waals surface area contributed by atoms with E-state index in [0.717, 1.165) is 40.2 Å². The number of ether oxygens (including phenoxy) is 1. The number of benzene rings is 1. The number of hydrogen-bond donors (Lipinski definition) is 1. The van der Waals surface area contributed by atoms with Gasteiger partial charge in [-0.15, -0.1) is 0 Å². The first kappa shape index (κ1) is 17.9. The first-order valence-electron chi connectivity index (χ1n) is 8.92. The van der Waals surface area contributed by atoms with Gasteiger partial charge in [-0.3, -0.25) is 9.36 Å². The summed E-state index contributed by atoms with van der Waals surface area (Å²) in [6, 6.07) is 8.14. The highest BCUT2D eigenvalue weighted by molar-refractivity contribution is 5.81. The molecule has 0 aliphatic carbocycles. The number of nitrogen functional groups attached to an aromatic ring is 1. The van der Waals surface area contributed by atoms with Crippen molar-refractivity contribution >= 4 is 22.8 Å². The molecule has 0 saturated carbocycles. The Kier molecular flexibility index (Phi) is 5.21. The fraction of sp³-hybridized carbons (Fsp3) is 0.350. The van der Waals surface area contributed by atoms with Crippen molar-refractivity contribution in [3.63, 3.8) is 0 Å². The summed E-state index contributed by atoms with van der Waals surface area (Å²) in [5.41, 5.74) is 11.3. The molecule has 2 aromatic heterocycles. The van der Waals surface area contributed by atoms with E-state index in [9.17, 15) is 4.79 Å². The van der Waals surface area contributed by atoms with Crippen LogP contribution in [0.5, 0.6) is 0 Å². The van der Waals surface area contributed by atoms with E-state index in [1.165, 1.54) is 0 Å². The quantitative estimate of drug-likeness (QED) is 0.688. The van der Waals surface area contributed by atoms with Crippen molar-refractivity contribution in [1.29, 1.82) is 0 Å². The average Bonchev–Trinajstić information content (AvgIpc) is 3.03. The molecule has 3 aromatic rings. The molecule has 0 aliphatic rings. The first-order valence-corrected chi connectivity index (χ1v) is 8.92. The fourth-order valence-electron chi connectivity index (χ4n) is 2.99. The van der Waals surface area contributed by atoms with Crippen LogP contribution in [0.15, 0.2) is 30.5 Å². The van der Waals surface area contributed by atoms with Crippen LogP contribution in [-0.2, 0) is 22.4 Å². The summed E-state index contributed by atoms with van der Waals surface area (Å²) in [4.78, 5) is 20.7. The normalized spacial score (nSPS) is 11.0. The molecule has 2 N–H and O–H groups in total. The number of esters is 1. The lowest BCUT2D eigenvalue weighted by molar-refractivity contribution is -0.143. The molecule has 1 aromatic carbocycles. The Balaban J connectivity index is 1.92. The van der Waals surface area contributed by atoms with Gasteiger partial charge in [0.1, 0.15) is 11.3 Å². The van der Waals surface area contributed by atoms with Gasteiger partial charge < -0.3 is 10.5 Å². The molecular formula is C20H24N4O2. The van der Waals surface area contributed by atoms with Crippen LogP contribution < -0.4 is 5.73 Å². The largest absolute Gasteiger partial charge is 0.466 e. The van der Waals surface area contributed by atoms with Gasteiger partial charge in [-0.05, 0) is 38.0 Å². The third-order valence-corrected chi connectivity index (χ3v) is 4.47. The van der Waals surface area contributed by atoms with Crippen LogP contribution in [-0.4, -0.2) is 27.1 Å². The number of imidazole rings is 1. The molecule has 0 fully saturated rings. The zero-order valence-corrected chi connectivity index (χ0v) is 15.5. The average molecular weight is 352 g/mol. The van der Waals surface area contributed by atoms with Crippen LogP contribution in [0.3, 0.4) is 0 Å². The number of fused-ring (bicyclic) bond motifs is 1. The predicted molar refractivity (Wildman–Crippen MR) is 102 cm³/mol. The number of aromatic nitrogens is 3. The summed E-state index contributed by atoms with van der Waals surface area (Å²) in [6.07, 6.45) is 3.53. The molecule has 3 rings (SSSR count). The van der Waals surface area contributed by atoms with Crippen molar-refractivity contribution in [2.75, 3.05) is 12.3 Å². The van der Waals surface area contributed by atoms with Crippen molar-refractivity contribution in [3.05, 3.63) is 47.4 Å². The standard InChI is InChI=1S/C20H24N4O2/c1-4-17-23-19-13(3)16(21)12-22-20(19)24(17)15-9-6-14(7-10-15)8-11-18(25)26-5-2/h6-7,9-10,12H,4-5,8,11,21H2,1-3H3. The third-order valence-electron chi connectivity index (χ3n) is 4.47. The molecule has 0 aliphatic heterocycles. The molecule has 2 heterocycles. The topological polar surface area (TPSA) is 83.0 Å². The van der Waals surface area contributed by atoms with Gasteiger partial charge in [-0.25, -0.2) is 9.97 Å². The van der Waals surface area contributed by atoms with Gasteiger partial charge in [0.15, 0.2) is 5.65 Å². The Morgan fingerprint density at radius 2 is 1.96 bits per heavy atom. The zero-order valence-electron chi connectivity index (χ0n) is 15.5. The second-order valence-electron chi connectivity index (χ2n) is 6.20. The monoisotopic (exact) mass is 352 g/mol. The van der Waals surface area contributed by atoms with E-state index in [4.69, 9.17) is 15.5 Å². The molecule has 136 valence electrons. The second kappa shape index (κ2) is 7.56. The number of hydrogen-bond acceptors (Lipinski definition) is 5. The van der Waals surface area contributed by atoms with Crippen LogP contribution in [0.2, 0.25) is 0 Å². The number of rotatable bonds is 6. The summed E-state index contributed by atoms with van der Waals surface area (Å²) in [5, 5.41) is 0. The number of nitrogens with two attached hydrogens (primary N) is 1. The second-order valence-corrected chi connectivity index (χ2v) is 6.20. The van der Waals surface area contributed by atoms with E-state index in [-0.39, 0.29) is 5.97 Å². The maximum atomic E-state index is 11.5. The Morgan fingerprint density at radius 3 is 2.62 bits per heavy atom.